The van der Waals surface area contributed by atoms with Crippen LogP contribution in [0.1, 0.15) is 0 Å². The monoisotopic (exact) mass is 305 g/mol. The summed E-state index contributed by atoms with van der Waals surface area (Å²) in [5.74, 6) is 0. The highest BCUT2D eigenvalue weighted by Crippen LogP contribution is 2.39. The van der Waals surface area contributed by atoms with Crippen molar-refractivity contribution in [3.63, 3.8) is 0 Å². The van der Waals surface area contributed by atoms with E-state index >= 15 is 0 Å². The third-order valence-corrected chi connectivity index (χ3v) is 3.97. The second-order valence-electron chi connectivity index (χ2n) is 3.46. The Morgan fingerprint density at radius 1 is 0.765 bits per heavy atom. The molecule has 0 heterocycles. The summed E-state index contributed by atoms with van der Waals surface area (Å²) in [7, 11) is 0. The summed E-state index contributed by atoms with van der Waals surface area (Å²) in [5, 5.41) is 1.63. The molecule has 0 fully saturated rings. The second kappa shape index (κ2) is 4.95. The lowest BCUT2D eigenvalue weighted by atomic mass is 10.1. The van der Waals surface area contributed by atoms with E-state index in [1.807, 2.05) is 6.07 Å². The first-order valence-electron chi connectivity index (χ1n) is 4.69. The first-order valence-corrected chi connectivity index (χ1v) is 6.21. The summed E-state index contributed by atoms with van der Waals surface area (Å²) < 4.78 is 0. The van der Waals surface area contributed by atoms with E-state index in [1.54, 1.807) is 24.3 Å². The number of halogens is 4. The Bertz CT molecular complexity index is 581. The molecule has 0 radical (unpaired) electrons. The fourth-order valence-corrected chi connectivity index (χ4v) is 2.27. The molecular formula is C12H7Cl4N. The molecule has 0 unspecified atom stereocenters. The van der Waals surface area contributed by atoms with Gasteiger partial charge in [0.15, 0.2) is 0 Å². The van der Waals surface area contributed by atoms with Crippen molar-refractivity contribution < 1.29 is 0 Å². The summed E-state index contributed by atoms with van der Waals surface area (Å²) >= 11 is 23.9. The molecule has 88 valence electrons. The Labute approximate surface area is 119 Å². The molecule has 0 aliphatic rings. The molecule has 0 aromatic heterocycles. The molecule has 0 spiro atoms. The zero-order valence-corrected chi connectivity index (χ0v) is 11.5. The van der Waals surface area contributed by atoms with Gasteiger partial charge in [-0.1, -0.05) is 58.5 Å². The quantitative estimate of drug-likeness (QED) is 0.542. The molecule has 0 aliphatic carbocycles. The van der Waals surface area contributed by atoms with Gasteiger partial charge in [-0.15, -0.1) is 0 Å². The van der Waals surface area contributed by atoms with Crippen molar-refractivity contribution in [2.45, 2.75) is 0 Å². The molecule has 0 saturated carbocycles. The molecule has 5 heteroatoms. The smallest absolute Gasteiger partial charge is 0.0784 e. The third kappa shape index (κ3) is 2.48. The SMILES string of the molecule is Nc1ccc(-c2ccc(Cl)c(Cl)c2Cl)cc1Cl. The summed E-state index contributed by atoms with van der Waals surface area (Å²) in [5.41, 5.74) is 7.77. The molecule has 1 nitrogen and oxygen atoms in total. The normalized spacial score (nSPS) is 10.6. The lowest BCUT2D eigenvalue weighted by Crippen LogP contribution is -1.87. The first-order chi connectivity index (χ1) is 8.00. The van der Waals surface area contributed by atoms with Crippen LogP contribution >= 0.6 is 46.4 Å². The van der Waals surface area contributed by atoms with Gasteiger partial charge in [0.05, 0.1) is 25.8 Å². The highest BCUT2D eigenvalue weighted by molar-refractivity contribution is 6.49. The molecular weight excluding hydrogens is 300 g/mol. The third-order valence-electron chi connectivity index (χ3n) is 2.35. The van der Waals surface area contributed by atoms with Gasteiger partial charge in [-0.3, -0.25) is 0 Å². The van der Waals surface area contributed by atoms with Gasteiger partial charge >= 0.3 is 0 Å². The number of anilines is 1. The van der Waals surface area contributed by atoms with Crippen LogP contribution in [0.3, 0.4) is 0 Å². The van der Waals surface area contributed by atoms with Gasteiger partial charge in [-0.2, -0.15) is 0 Å². The van der Waals surface area contributed by atoms with E-state index in [0.29, 0.717) is 25.8 Å². The predicted octanol–water partition coefficient (Wildman–Crippen LogP) is 5.55. The fraction of sp³-hybridized carbons (Fsp3) is 0. The largest absolute Gasteiger partial charge is 0.398 e. The van der Waals surface area contributed by atoms with Gasteiger partial charge in [0.25, 0.3) is 0 Å². The first kappa shape index (κ1) is 12.8. The molecule has 0 aliphatic heterocycles. The van der Waals surface area contributed by atoms with E-state index in [4.69, 9.17) is 52.1 Å². The Balaban J connectivity index is 2.61. The molecule has 17 heavy (non-hydrogen) atoms. The van der Waals surface area contributed by atoms with E-state index < -0.39 is 0 Å². The molecule has 2 aromatic rings. The highest BCUT2D eigenvalue weighted by atomic mass is 35.5. The maximum Gasteiger partial charge on any atom is 0.0784 e. The van der Waals surface area contributed by atoms with Crippen LogP contribution in [0.15, 0.2) is 30.3 Å². The molecule has 2 rings (SSSR count). The van der Waals surface area contributed by atoms with Crippen molar-refractivity contribution >= 4 is 52.1 Å². The van der Waals surface area contributed by atoms with E-state index in [0.717, 1.165) is 11.1 Å². The van der Waals surface area contributed by atoms with Crippen LogP contribution in [0.25, 0.3) is 11.1 Å². The zero-order valence-electron chi connectivity index (χ0n) is 8.48. The Kier molecular flexibility index (Phi) is 3.74. The number of benzene rings is 2. The van der Waals surface area contributed by atoms with Crippen molar-refractivity contribution in [3.05, 3.63) is 50.4 Å². The van der Waals surface area contributed by atoms with Crippen LogP contribution in [0, 0.1) is 0 Å². The van der Waals surface area contributed by atoms with E-state index in [-0.39, 0.29) is 0 Å². The molecule has 2 N–H and O–H groups in total. The second-order valence-corrected chi connectivity index (χ2v) is 5.03. The van der Waals surface area contributed by atoms with Crippen LogP contribution < -0.4 is 5.73 Å². The minimum atomic E-state index is 0.332. The van der Waals surface area contributed by atoms with Crippen LogP contribution in [0.4, 0.5) is 5.69 Å². The number of nitrogen functional groups attached to an aromatic ring is 1. The lowest BCUT2D eigenvalue weighted by molar-refractivity contribution is 1.61. The van der Waals surface area contributed by atoms with E-state index in [2.05, 4.69) is 0 Å². The minimum Gasteiger partial charge on any atom is -0.398 e. The van der Waals surface area contributed by atoms with Gasteiger partial charge in [-0.25, -0.2) is 0 Å². The van der Waals surface area contributed by atoms with Crippen LogP contribution in [0.5, 0.6) is 0 Å². The van der Waals surface area contributed by atoms with Crippen LogP contribution in [0.2, 0.25) is 20.1 Å². The van der Waals surface area contributed by atoms with Gasteiger partial charge in [-0.05, 0) is 23.8 Å². The fourth-order valence-electron chi connectivity index (χ4n) is 1.44. The molecule has 0 atom stereocenters. The van der Waals surface area contributed by atoms with Gasteiger partial charge in [0.1, 0.15) is 0 Å². The minimum absolute atomic E-state index is 0.332. The van der Waals surface area contributed by atoms with Crippen molar-refractivity contribution in [2.24, 2.45) is 0 Å². The molecule has 2 aromatic carbocycles. The average Bonchev–Trinajstić information content (AvgIpc) is 2.30. The standard InChI is InChI=1S/C12H7Cl4N/c13-8-3-2-7(11(15)12(8)16)6-1-4-10(17)9(14)5-6/h1-5H,17H2. The maximum atomic E-state index is 6.13. The summed E-state index contributed by atoms with van der Waals surface area (Å²) in [6, 6.07) is 8.76. The molecule has 0 saturated heterocycles. The number of nitrogens with two attached hydrogens (primary N) is 1. The van der Waals surface area contributed by atoms with Gasteiger partial charge in [0.2, 0.25) is 0 Å². The van der Waals surface area contributed by atoms with E-state index in [1.165, 1.54) is 0 Å². The highest BCUT2D eigenvalue weighted by Gasteiger charge is 2.11. The lowest BCUT2D eigenvalue weighted by Gasteiger charge is -2.08. The average molecular weight is 307 g/mol. The van der Waals surface area contributed by atoms with Crippen molar-refractivity contribution in [1.82, 2.24) is 0 Å². The van der Waals surface area contributed by atoms with Crippen molar-refractivity contribution in [3.8, 4) is 11.1 Å². The maximum absolute atomic E-state index is 6.13. The van der Waals surface area contributed by atoms with Gasteiger partial charge < -0.3 is 5.73 Å². The van der Waals surface area contributed by atoms with Crippen LogP contribution in [-0.4, -0.2) is 0 Å². The topological polar surface area (TPSA) is 26.0 Å². The van der Waals surface area contributed by atoms with Crippen molar-refractivity contribution in [1.29, 1.82) is 0 Å². The molecule has 0 bridgehead atoms. The summed E-state index contributed by atoms with van der Waals surface area (Å²) in [6.07, 6.45) is 0. The summed E-state index contributed by atoms with van der Waals surface area (Å²) in [6.45, 7) is 0. The van der Waals surface area contributed by atoms with E-state index in [9.17, 15) is 0 Å². The molecule has 0 amide bonds. The number of hydrogen-bond acceptors (Lipinski definition) is 1. The predicted molar refractivity (Wildman–Crippen MR) is 76.3 cm³/mol. The zero-order chi connectivity index (χ0) is 12.6. The van der Waals surface area contributed by atoms with Crippen molar-refractivity contribution in [2.75, 3.05) is 5.73 Å². The Morgan fingerprint density at radius 3 is 2.12 bits per heavy atom. The summed E-state index contributed by atoms with van der Waals surface area (Å²) in [4.78, 5) is 0. The number of hydrogen-bond donors (Lipinski definition) is 1. The number of rotatable bonds is 1. The van der Waals surface area contributed by atoms with Gasteiger partial charge in [0, 0.05) is 5.56 Å². The Morgan fingerprint density at radius 2 is 1.47 bits per heavy atom. The Hall–Kier alpha value is -0.600. The van der Waals surface area contributed by atoms with Crippen LogP contribution in [-0.2, 0) is 0 Å².